The number of ether oxygens (including phenoxy) is 2. The molecule has 0 saturated carbocycles. The van der Waals surface area contributed by atoms with Gasteiger partial charge in [0.05, 0.1) is 11.1 Å². The van der Waals surface area contributed by atoms with Crippen molar-refractivity contribution in [3.05, 3.63) is 53.1 Å². The minimum atomic E-state index is -5.07. The van der Waals surface area contributed by atoms with Crippen LogP contribution in [0.5, 0.6) is 11.5 Å². The third kappa shape index (κ3) is 4.93. The van der Waals surface area contributed by atoms with Gasteiger partial charge >= 0.3 is 18.4 Å². The number of urea groups is 1. The summed E-state index contributed by atoms with van der Waals surface area (Å²) in [6.45, 7) is 0.563. The predicted molar refractivity (Wildman–Crippen MR) is 90.4 cm³/mol. The summed E-state index contributed by atoms with van der Waals surface area (Å²) in [4.78, 5) is 24.1. The number of amides is 3. The number of benzene rings is 2. The highest BCUT2D eigenvalue weighted by atomic mass is 19.4. The molecule has 0 unspecified atom stereocenters. The molecule has 6 nitrogen and oxygen atoms in total. The van der Waals surface area contributed by atoms with Gasteiger partial charge in [-0.1, -0.05) is 0 Å². The lowest BCUT2D eigenvalue weighted by atomic mass is 10.1. The first-order valence-electron chi connectivity index (χ1n) is 8.25. The maximum Gasteiger partial charge on any atom is 0.416 e. The Morgan fingerprint density at radius 3 is 1.93 bits per heavy atom. The molecule has 2 aromatic rings. The zero-order chi connectivity index (χ0) is 22.1. The molecule has 2 N–H and O–H groups in total. The van der Waals surface area contributed by atoms with Crippen molar-refractivity contribution in [1.29, 1.82) is 0 Å². The normalized spacial score (nSPS) is 13.5. The minimum absolute atomic E-state index is 0.0329. The number of alkyl halides is 6. The molecule has 0 fully saturated rings. The second-order valence-electron chi connectivity index (χ2n) is 6.06. The smallest absolute Gasteiger partial charge is 0.416 e. The summed E-state index contributed by atoms with van der Waals surface area (Å²) in [5, 5.41) is 3.62. The summed E-state index contributed by atoms with van der Waals surface area (Å²) in [7, 11) is 0. The Kier molecular flexibility index (Phi) is 5.51. The molecule has 0 radical (unpaired) electrons. The molecule has 1 heterocycles. The fraction of sp³-hybridized carbons (Fsp3) is 0.222. The second kappa shape index (κ2) is 7.76. The molecular formula is C18H12F6N2O4. The lowest BCUT2D eigenvalue weighted by molar-refractivity contribution is -0.143. The van der Waals surface area contributed by atoms with Crippen LogP contribution in [0.3, 0.4) is 0 Å². The number of hydrogen-bond donors (Lipinski definition) is 2. The number of halogens is 6. The maximum atomic E-state index is 12.9. The van der Waals surface area contributed by atoms with E-state index in [0.29, 0.717) is 24.5 Å². The molecule has 0 aromatic heterocycles. The third-order valence-electron chi connectivity index (χ3n) is 3.88. The summed E-state index contributed by atoms with van der Waals surface area (Å²) in [6, 6.07) is 3.26. The molecule has 0 spiro atoms. The Hall–Kier alpha value is -3.44. The molecule has 0 atom stereocenters. The van der Waals surface area contributed by atoms with E-state index >= 15 is 0 Å². The van der Waals surface area contributed by atoms with E-state index in [2.05, 4.69) is 0 Å². The van der Waals surface area contributed by atoms with Gasteiger partial charge in [0.25, 0.3) is 5.91 Å². The number of carbonyl (C=O) groups is 2. The van der Waals surface area contributed by atoms with E-state index < -0.39 is 41.1 Å². The van der Waals surface area contributed by atoms with Crippen molar-refractivity contribution < 1.29 is 45.4 Å². The van der Waals surface area contributed by atoms with E-state index in [1.807, 2.05) is 5.32 Å². The van der Waals surface area contributed by atoms with Gasteiger partial charge in [-0.25, -0.2) is 4.79 Å². The Morgan fingerprint density at radius 2 is 1.37 bits per heavy atom. The number of hydrogen-bond acceptors (Lipinski definition) is 4. The Morgan fingerprint density at radius 1 is 0.800 bits per heavy atom. The number of rotatable bonds is 2. The largest absolute Gasteiger partial charge is 0.486 e. The van der Waals surface area contributed by atoms with Gasteiger partial charge in [-0.3, -0.25) is 10.1 Å². The molecule has 0 saturated heterocycles. The highest BCUT2D eigenvalue weighted by molar-refractivity contribution is 6.08. The second-order valence-corrected chi connectivity index (χ2v) is 6.06. The van der Waals surface area contributed by atoms with Crippen molar-refractivity contribution in [1.82, 2.24) is 5.32 Å². The van der Waals surface area contributed by atoms with Crippen LogP contribution in [0.1, 0.15) is 21.5 Å². The van der Waals surface area contributed by atoms with Crippen LogP contribution in [0.25, 0.3) is 0 Å². The summed E-state index contributed by atoms with van der Waals surface area (Å²) in [5.41, 5.74) is -4.03. The summed E-state index contributed by atoms with van der Waals surface area (Å²) in [5.74, 6) is -0.319. The molecule has 0 aliphatic carbocycles. The predicted octanol–water partition coefficient (Wildman–Crippen LogP) is 4.46. The molecule has 3 amide bonds. The maximum absolute atomic E-state index is 12.9. The number of fused-ring (bicyclic) bond motifs is 1. The van der Waals surface area contributed by atoms with Crippen LogP contribution in [-0.2, 0) is 12.4 Å². The minimum Gasteiger partial charge on any atom is -0.486 e. The Balaban J connectivity index is 1.76. The number of carbonyl (C=O) groups excluding carboxylic acids is 2. The topological polar surface area (TPSA) is 76.7 Å². The van der Waals surface area contributed by atoms with Crippen molar-refractivity contribution in [3.8, 4) is 11.5 Å². The zero-order valence-corrected chi connectivity index (χ0v) is 14.8. The van der Waals surface area contributed by atoms with Crippen molar-refractivity contribution in [2.24, 2.45) is 0 Å². The molecule has 160 valence electrons. The van der Waals surface area contributed by atoms with E-state index in [-0.39, 0.29) is 24.0 Å². The van der Waals surface area contributed by atoms with Gasteiger partial charge in [-0.15, -0.1) is 0 Å². The quantitative estimate of drug-likeness (QED) is 0.685. The SMILES string of the molecule is O=C(NC(=O)c1ccc2c(c1)OCCO2)Nc1cc(C(F)(F)F)cc(C(F)(F)F)c1. The fourth-order valence-corrected chi connectivity index (χ4v) is 2.55. The van der Waals surface area contributed by atoms with Gasteiger partial charge in [0.1, 0.15) is 13.2 Å². The van der Waals surface area contributed by atoms with Crippen molar-refractivity contribution >= 4 is 17.6 Å². The fourth-order valence-electron chi connectivity index (χ4n) is 2.55. The van der Waals surface area contributed by atoms with Gasteiger partial charge in [-0.05, 0) is 36.4 Å². The highest BCUT2D eigenvalue weighted by Gasteiger charge is 2.37. The molecule has 1 aliphatic rings. The lowest BCUT2D eigenvalue weighted by Crippen LogP contribution is -2.34. The van der Waals surface area contributed by atoms with Crippen LogP contribution < -0.4 is 20.1 Å². The van der Waals surface area contributed by atoms with Crippen LogP contribution in [0.15, 0.2) is 36.4 Å². The van der Waals surface area contributed by atoms with Crippen LogP contribution in [0.2, 0.25) is 0 Å². The number of imide groups is 1. The standard InChI is InChI=1S/C18H12F6N2O4/c19-17(20,21)10-6-11(18(22,23)24)8-12(7-10)25-16(28)26-15(27)9-1-2-13-14(5-9)30-4-3-29-13/h1-2,5-8H,3-4H2,(H2,25,26,27,28). The molecule has 12 heteroatoms. The molecule has 0 bridgehead atoms. The Bertz CT molecular complexity index is 955. The average molecular weight is 434 g/mol. The van der Waals surface area contributed by atoms with E-state index in [1.165, 1.54) is 18.2 Å². The molecule has 1 aliphatic heterocycles. The van der Waals surface area contributed by atoms with E-state index in [9.17, 15) is 35.9 Å². The average Bonchev–Trinajstić information content (AvgIpc) is 2.65. The van der Waals surface area contributed by atoms with Crippen LogP contribution in [0, 0.1) is 0 Å². The molecule has 3 rings (SSSR count). The Labute approximate surface area is 164 Å². The van der Waals surface area contributed by atoms with E-state index in [1.54, 1.807) is 5.32 Å². The van der Waals surface area contributed by atoms with Crippen LogP contribution in [-0.4, -0.2) is 25.2 Å². The zero-order valence-electron chi connectivity index (χ0n) is 14.8. The first kappa shape index (κ1) is 21.3. The summed E-state index contributed by atoms with van der Waals surface area (Å²) >= 11 is 0. The number of nitrogens with one attached hydrogen (secondary N) is 2. The van der Waals surface area contributed by atoms with Crippen LogP contribution >= 0.6 is 0 Å². The van der Waals surface area contributed by atoms with Crippen molar-refractivity contribution in [3.63, 3.8) is 0 Å². The van der Waals surface area contributed by atoms with Gasteiger partial charge in [0.15, 0.2) is 11.5 Å². The van der Waals surface area contributed by atoms with E-state index in [4.69, 9.17) is 9.47 Å². The monoisotopic (exact) mass is 434 g/mol. The molecule has 2 aromatic carbocycles. The molecular weight excluding hydrogens is 422 g/mol. The highest BCUT2D eigenvalue weighted by Crippen LogP contribution is 2.37. The van der Waals surface area contributed by atoms with Gasteiger partial charge < -0.3 is 14.8 Å². The van der Waals surface area contributed by atoms with Gasteiger partial charge in [0, 0.05) is 11.3 Å². The summed E-state index contributed by atoms with van der Waals surface area (Å²) in [6.07, 6.45) is -10.1. The lowest BCUT2D eigenvalue weighted by Gasteiger charge is -2.18. The van der Waals surface area contributed by atoms with Crippen molar-refractivity contribution in [2.45, 2.75) is 12.4 Å². The first-order chi connectivity index (χ1) is 13.9. The van der Waals surface area contributed by atoms with Gasteiger partial charge in [-0.2, -0.15) is 26.3 Å². The number of anilines is 1. The summed E-state index contributed by atoms with van der Waals surface area (Å²) < 4.78 is 87.8. The molecule has 30 heavy (non-hydrogen) atoms. The first-order valence-corrected chi connectivity index (χ1v) is 8.25. The van der Waals surface area contributed by atoms with Crippen LogP contribution in [0.4, 0.5) is 36.8 Å². The van der Waals surface area contributed by atoms with Gasteiger partial charge in [0.2, 0.25) is 0 Å². The van der Waals surface area contributed by atoms with E-state index in [0.717, 1.165) is 0 Å². The third-order valence-corrected chi connectivity index (χ3v) is 3.88. The van der Waals surface area contributed by atoms with Crippen molar-refractivity contribution in [2.75, 3.05) is 18.5 Å².